The lowest BCUT2D eigenvalue weighted by atomic mass is 10.4. The molecule has 92 valence electrons. The van der Waals surface area contributed by atoms with Crippen molar-refractivity contribution in [3.05, 3.63) is 5.01 Å². The predicted octanol–water partition coefficient (Wildman–Crippen LogP) is 3.01. The Bertz CT molecular complexity index is 329. The number of nitrogens with zero attached hydrogens (tertiary/aromatic N) is 3. The molecular formula is C8H11ClF3N3S. The van der Waals surface area contributed by atoms with Gasteiger partial charge in [-0.15, -0.1) is 21.8 Å². The summed E-state index contributed by atoms with van der Waals surface area (Å²) in [5.74, 6) is 0.474. The number of alkyl halides is 4. The molecule has 1 aromatic rings. The first-order chi connectivity index (χ1) is 7.49. The van der Waals surface area contributed by atoms with Gasteiger partial charge < -0.3 is 4.90 Å². The Morgan fingerprint density at radius 2 is 2.06 bits per heavy atom. The molecule has 8 heteroatoms. The number of anilines is 1. The molecule has 0 bridgehead atoms. The normalized spacial score (nSPS) is 11.8. The second kappa shape index (κ2) is 5.67. The van der Waals surface area contributed by atoms with Crippen LogP contribution >= 0.6 is 22.9 Å². The van der Waals surface area contributed by atoms with E-state index in [0.717, 1.165) is 0 Å². The molecule has 0 fully saturated rings. The number of rotatable bonds is 5. The third-order valence-corrected chi connectivity index (χ3v) is 3.17. The van der Waals surface area contributed by atoms with E-state index in [1.54, 1.807) is 4.90 Å². The zero-order chi connectivity index (χ0) is 12.2. The summed E-state index contributed by atoms with van der Waals surface area (Å²) in [6, 6.07) is 0. The van der Waals surface area contributed by atoms with Crippen molar-refractivity contribution < 1.29 is 13.2 Å². The Morgan fingerprint density at radius 3 is 2.50 bits per heavy atom. The highest BCUT2D eigenvalue weighted by Gasteiger charge is 2.36. The zero-order valence-corrected chi connectivity index (χ0v) is 10.2. The minimum atomic E-state index is -4.41. The van der Waals surface area contributed by atoms with Gasteiger partial charge in [-0.25, -0.2) is 0 Å². The van der Waals surface area contributed by atoms with Crippen LogP contribution in [0.2, 0.25) is 0 Å². The Labute approximate surface area is 100 Å². The molecule has 1 rings (SSSR count). The molecule has 1 aromatic heterocycles. The first-order valence-corrected chi connectivity index (χ1v) is 6.05. The lowest BCUT2D eigenvalue weighted by Gasteiger charge is -2.17. The molecule has 0 unspecified atom stereocenters. The summed E-state index contributed by atoms with van der Waals surface area (Å²) in [4.78, 5) is 1.73. The molecule has 0 spiro atoms. The van der Waals surface area contributed by atoms with Gasteiger partial charge in [0.1, 0.15) is 0 Å². The smallest absolute Gasteiger partial charge is 0.347 e. The van der Waals surface area contributed by atoms with Crippen molar-refractivity contribution in [1.82, 2.24) is 10.2 Å². The summed E-state index contributed by atoms with van der Waals surface area (Å²) in [5.41, 5.74) is 0. The average Bonchev–Trinajstić information content (AvgIpc) is 2.68. The van der Waals surface area contributed by atoms with Gasteiger partial charge in [-0.2, -0.15) is 13.2 Å². The van der Waals surface area contributed by atoms with Gasteiger partial charge in [0, 0.05) is 19.0 Å². The number of halogens is 4. The van der Waals surface area contributed by atoms with E-state index in [2.05, 4.69) is 10.2 Å². The van der Waals surface area contributed by atoms with Crippen LogP contribution in [-0.2, 0) is 6.18 Å². The van der Waals surface area contributed by atoms with Gasteiger partial charge in [-0.05, 0) is 13.3 Å². The summed E-state index contributed by atoms with van der Waals surface area (Å²) >= 11 is 6.09. The Kier molecular flexibility index (Phi) is 4.79. The molecule has 0 radical (unpaired) electrons. The highest BCUT2D eigenvalue weighted by atomic mass is 35.5. The molecule has 0 aliphatic heterocycles. The third-order valence-electron chi connectivity index (χ3n) is 1.87. The summed E-state index contributed by atoms with van der Waals surface area (Å²) in [6.45, 7) is 3.03. The second-order valence-corrected chi connectivity index (χ2v) is 4.34. The van der Waals surface area contributed by atoms with Crippen LogP contribution in [0.25, 0.3) is 0 Å². The lowest BCUT2D eigenvalue weighted by molar-refractivity contribution is -0.138. The monoisotopic (exact) mass is 273 g/mol. The van der Waals surface area contributed by atoms with E-state index in [-0.39, 0.29) is 0 Å². The van der Waals surface area contributed by atoms with E-state index in [9.17, 15) is 13.2 Å². The van der Waals surface area contributed by atoms with E-state index in [0.29, 0.717) is 41.9 Å². The van der Waals surface area contributed by atoms with Crippen molar-refractivity contribution in [1.29, 1.82) is 0 Å². The fraction of sp³-hybridized carbons (Fsp3) is 0.750. The van der Waals surface area contributed by atoms with E-state index < -0.39 is 11.2 Å². The predicted molar refractivity (Wildman–Crippen MR) is 58.1 cm³/mol. The Balaban J connectivity index is 2.75. The molecule has 1 heterocycles. The van der Waals surface area contributed by atoms with Gasteiger partial charge in [0.25, 0.3) is 0 Å². The van der Waals surface area contributed by atoms with Crippen LogP contribution in [0, 0.1) is 0 Å². The highest BCUT2D eigenvalue weighted by molar-refractivity contribution is 7.15. The third kappa shape index (κ3) is 3.48. The molecule has 0 atom stereocenters. The molecule has 0 aliphatic carbocycles. The van der Waals surface area contributed by atoms with Crippen molar-refractivity contribution in [2.75, 3.05) is 23.9 Å². The van der Waals surface area contributed by atoms with Crippen LogP contribution in [0.4, 0.5) is 18.3 Å². The van der Waals surface area contributed by atoms with E-state index in [1.807, 2.05) is 6.92 Å². The van der Waals surface area contributed by atoms with Crippen molar-refractivity contribution in [3.63, 3.8) is 0 Å². The first kappa shape index (κ1) is 13.5. The van der Waals surface area contributed by atoms with E-state index in [1.165, 1.54) is 0 Å². The molecule has 0 aliphatic rings. The van der Waals surface area contributed by atoms with Gasteiger partial charge in [0.15, 0.2) is 0 Å². The lowest BCUT2D eigenvalue weighted by Crippen LogP contribution is -2.23. The van der Waals surface area contributed by atoms with Gasteiger partial charge in [-0.3, -0.25) is 0 Å². The van der Waals surface area contributed by atoms with Crippen LogP contribution in [-0.4, -0.2) is 29.2 Å². The topological polar surface area (TPSA) is 29.0 Å². The van der Waals surface area contributed by atoms with Crippen LogP contribution in [0.3, 0.4) is 0 Å². The average molecular weight is 274 g/mol. The Morgan fingerprint density at radius 1 is 1.38 bits per heavy atom. The molecule has 0 saturated carbocycles. The van der Waals surface area contributed by atoms with Crippen molar-refractivity contribution in [2.45, 2.75) is 19.5 Å². The van der Waals surface area contributed by atoms with Gasteiger partial charge >= 0.3 is 6.18 Å². The van der Waals surface area contributed by atoms with Crippen molar-refractivity contribution >= 4 is 28.1 Å². The largest absolute Gasteiger partial charge is 0.445 e. The molecular weight excluding hydrogens is 263 g/mol. The second-order valence-electron chi connectivity index (χ2n) is 3.01. The van der Waals surface area contributed by atoms with Gasteiger partial charge in [0.05, 0.1) is 0 Å². The van der Waals surface area contributed by atoms with Crippen LogP contribution in [0.15, 0.2) is 0 Å². The van der Waals surface area contributed by atoms with Crippen LogP contribution in [0.1, 0.15) is 18.4 Å². The minimum absolute atomic E-state index is 0.292. The number of hydrogen-bond acceptors (Lipinski definition) is 4. The minimum Gasteiger partial charge on any atom is -0.347 e. The maximum absolute atomic E-state index is 12.3. The quantitative estimate of drug-likeness (QED) is 0.772. The van der Waals surface area contributed by atoms with Crippen molar-refractivity contribution in [2.24, 2.45) is 0 Å². The molecule has 3 nitrogen and oxygen atoms in total. The summed E-state index contributed by atoms with van der Waals surface area (Å²) in [7, 11) is 0. The molecule has 0 saturated heterocycles. The molecule has 16 heavy (non-hydrogen) atoms. The fourth-order valence-corrected chi connectivity index (χ4v) is 2.02. The number of hydrogen-bond donors (Lipinski definition) is 0. The highest BCUT2D eigenvalue weighted by Crippen LogP contribution is 2.34. The van der Waals surface area contributed by atoms with Crippen molar-refractivity contribution in [3.8, 4) is 0 Å². The summed E-state index contributed by atoms with van der Waals surface area (Å²) in [5, 5.41) is 6.05. The van der Waals surface area contributed by atoms with E-state index >= 15 is 0 Å². The van der Waals surface area contributed by atoms with Crippen LogP contribution < -0.4 is 4.90 Å². The van der Waals surface area contributed by atoms with Gasteiger partial charge in [-0.1, -0.05) is 11.3 Å². The summed E-state index contributed by atoms with van der Waals surface area (Å²) < 4.78 is 36.9. The first-order valence-electron chi connectivity index (χ1n) is 4.70. The maximum atomic E-state index is 12.3. The molecule has 0 amide bonds. The summed E-state index contributed by atoms with van der Waals surface area (Å²) in [6.07, 6.45) is -3.71. The van der Waals surface area contributed by atoms with Gasteiger partial charge in [0.2, 0.25) is 10.1 Å². The fourth-order valence-electron chi connectivity index (χ4n) is 1.10. The zero-order valence-electron chi connectivity index (χ0n) is 8.59. The maximum Gasteiger partial charge on any atom is 0.445 e. The molecule has 0 aromatic carbocycles. The number of aromatic nitrogens is 2. The molecule has 0 N–H and O–H groups in total. The van der Waals surface area contributed by atoms with E-state index in [4.69, 9.17) is 11.6 Å². The standard InChI is InChI=1S/C8H11ClF3N3S/c1-2-15(5-3-4-9)7-14-13-6(16-7)8(10,11)12/h2-5H2,1H3. The van der Waals surface area contributed by atoms with Crippen LogP contribution in [0.5, 0.6) is 0 Å². The SMILES string of the molecule is CCN(CCCCl)c1nnc(C(F)(F)F)s1. The Hall–Kier alpha value is -0.560.